The van der Waals surface area contributed by atoms with Gasteiger partial charge in [0.1, 0.15) is 0 Å². The Bertz CT molecular complexity index is 220. The second-order valence-corrected chi connectivity index (χ2v) is 8.89. The number of rotatable bonds is 2. The Morgan fingerprint density at radius 2 is 1.50 bits per heavy atom. The van der Waals surface area contributed by atoms with Crippen molar-refractivity contribution >= 4 is 0 Å². The molecule has 120 valence electrons. The van der Waals surface area contributed by atoms with E-state index in [9.17, 15) is 0 Å². The fraction of sp³-hybridized carbons (Fsp3) is 1.00. The molecule has 2 nitrogen and oxygen atoms in total. The van der Waals surface area contributed by atoms with Gasteiger partial charge in [-0.15, -0.1) is 0 Å². The van der Waals surface area contributed by atoms with Crippen LogP contribution in [0.2, 0.25) is 0 Å². The van der Waals surface area contributed by atoms with Crippen LogP contribution in [0.1, 0.15) is 73.6 Å². The van der Waals surface area contributed by atoms with Crippen LogP contribution in [-0.4, -0.2) is 25.9 Å². The molecule has 0 amide bonds. The Labute approximate surface area is 126 Å². The normalized spacial score (nSPS) is 27.3. The molecule has 0 aromatic carbocycles. The topological polar surface area (TPSA) is 18.5 Å². The number of hydrogen-bond acceptors (Lipinski definition) is 2. The molecule has 2 aliphatic heterocycles. The molecule has 0 aliphatic carbocycles. The van der Waals surface area contributed by atoms with Crippen molar-refractivity contribution in [2.75, 3.05) is 19.8 Å². The second-order valence-electron chi connectivity index (χ2n) is 8.89. The molecule has 0 N–H and O–H groups in total. The average molecular weight is 284 g/mol. The highest BCUT2D eigenvalue weighted by Crippen LogP contribution is 2.29. The third-order valence-corrected chi connectivity index (χ3v) is 3.79. The molecular formula is C18H36O2. The lowest BCUT2D eigenvalue weighted by molar-refractivity contribution is 0.0763. The van der Waals surface area contributed by atoms with Crippen LogP contribution in [0, 0.1) is 16.7 Å². The summed E-state index contributed by atoms with van der Waals surface area (Å²) in [5.41, 5.74) is 0.924. The van der Waals surface area contributed by atoms with Gasteiger partial charge in [0.15, 0.2) is 0 Å². The van der Waals surface area contributed by atoms with E-state index in [1.165, 1.54) is 32.1 Å². The Hall–Kier alpha value is -0.0800. The van der Waals surface area contributed by atoms with Gasteiger partial charge in [-0.05, 0) is 48.9 Å². The van der Waals surface area contributed by atoms with E-state index < -0.39 is 0 Å². The standard InChI is InChI=1S/2C9H18O/c1-9(2,3)6-8-4-5-10-7-8;1-9(2,3)7-8-5-4-6-10-8/h2*8H,4-7H2,1-3H3. The highest BCUT2D eigenvalue weighted by Gasteiger charge is 2.22. The summed E-state index contributed by atoms with van der Waals surface area (Å²) in [6, 6.07) is 0. The first kappa shape index (κ1) is 18.0. The van der Waals surface area contributed by atoms with E-state index in [0.29, 0.717) is 16.9 Å². The lowest BCUT2D eigenvalue weighted by Gasteiger charge is -2.21. The van der Waals surface area contributed by atoms with Gasteiger partial charge in [0, 0.05) is 19.8 Å². The minimum Gasteiger partial charge on any atom is -0.381 e. The van der Waals surface area contributed by atoms with Crippen molar-refractivity contribution in [3.8, 4) is 0 Å². The van der Waals surface area contributed by atoms with E-state index in [-0.39, 0.29) is 0 Å². The molecule has 0 aromatic heterocycles. The fourth-order valence-electron chi connectivity index (χ4n) is 3.10. The monoisotopic (exact) mass is 284 g/mol. The lowest BCUT2D eigenvalue weighted by atomic mass is 9.84. The van der Waals surface area contributed by atoms with Crippen molar-refractivity contribution in [2.45, 2.75) is 79.8 Å². The average Bonchev–Trinajstić information content (AvgIpc) is 2.87. The summed E-state index contributed by atoms with van der Waals surface area (Å²) in [6.45, 7) is 16.7. The summed E-state index contributed by atoms with van der Waals surface area (Å²) >= 11 is 0. The summed E-state index contributed by atoms with van der Waals surface area (Å²) in [6.07, 6.45) is 6.90. The summed E-state index contributed by atoms with van der Waals surface area (Å²) in [4.78, 5) is 0. The maximum absolute atomic E-state index is 5.53. The Morgan fingerprint density at radius 1 is 0.850 bits per heavy atom. The quantitative estimate of drug-likeness (QED) is 0.705. The van der Waals surface area contributed by atoms with Crippen molar-refractivity contribution in [1.82, 2.24) is 0 Å². The maximum Gasteiger partial charge on any atom is 0.0581 e. The smallest absolute Gasteiger partial charge is 0.0581 e. The minimum absolute atomic E-state index is 0.439. The molecule has 2 heteroatoms. The van der Waals surface area contributed by atoms with Crippen molar-refractivity contribution in [2.24, 2.45) is 16.7 Å². The first-order valence-corrected chi connectivity index (χ1v) is 8.35. The van der Waals surface area contributed by atoms with Gasteiger partial charge in [0.25, 0.3) is 0 Å². The van der Waals surface area contributed by atoms with Crippen molar-refractivity contribution in [1.29, 1.82) is 0 Å². The molecule has 0 saturated carbocycles. The Kier molecular flexibility index (Phi) is 7.00. The van der Waals surface area contributed by atoms with E-state index in [1.54, 1.807) is 0 Å². The highest BCUT2D eigenvalue weighted by molar-refractivity contribution is 4.73. The second kappa shape index (κ2) is 7.79. The van der Waals surface area contributed by atoms with Crippen LogP contribution < -0.4 is 0 Å². The Balaban J connectivity index is 0.000000200. The van der Waals surface area contributed by atoms with Crippen molar-refractivity contribution < 1.29 is 9.47 Å². The molecule has 0 bridgehead atoms. The first-order valence-electron chi connectivity index (χ1n) is 8.35. The van der Waals surface area contributed by atoms with Crippen LogP contribution in [0.3, 0.4) is 0 Å². The van der Waals surface area contributed by atoms with E-state index in [1.807, 2.05) is 0 Å². The third-order valence-electron chi connectivity index (χ3n) is 3.79. The van der Waals surface area contributed by atoms with Gasteiger partial charge in [-0.25, -0.2) is 0 Å². The first-order chi connectivity index (χ1) is 9.16. The van der Waals surface area contributed by atoms with E-state index in [4.69, 9.17) is 9.47 Å². The van der Waals surface area contributed by atoms with Crippen LogP contribution in [0.15, 0.2) is 0 Å². The van der Waals surface area contributed by atoms with Crippen molar-refractivity contribution in [3.63, 3.8) is 0 Å². The van der Waals surface area contributed by atoms with Crippen LogP contribution in [0.4, 0.5) is 0 Å². The van der Waals surface area contributed by atoms with Crippen LogP contribution >= 0.6 is 0 Å². The zero-order valence-corrected chi connectivity index (χ0v) is 14.6. The molecule has 2 heterocycles. The molecule has 20 heavy (non-hydrogen) atoms. The van der Waals surface area contributed by atoms with Gasteiger partial charge in [0.2, 0.25) is 0 Å². The predicted molar refractivity (Wildman–Crippen MR) is 86.0 cm³/mol. The number of ether oxygens (including phenoxy) is 2. The summed E-state index contributed by atoms with van der Waals surface area (Å²) < 4.78 is 10.8. The van der Waals surface area contributed by atoms with E-state index >= 15 is 0 Å². The maximum atomic E-state index is 5.53. The molecule has 0 spiro atoms. The molecule has 2 rings (SSSR count). The van der Waals surface area contributed by atoms with Crippen LogP contribution in [-0.2, 0) is 9.47 Å². The third kappa shape index (κ3) is 8.97. The molecule has 2 atom stereocenters. The molecular weight excluding hydrogens is 248 g/mol. The van der Waals surface area contributed by atoms with Gasteiger partial charge in [0.05, 0.1) is 6.10 Å². The van der Waals surface area contributed by atoms with Crippen molar-refractivity contribution in [3.05, 3.63) is 0 Å². The number of hydrogen-bond donors (Lipinski definition) is 0. The molecule has 2 fully saturated rings. The summed E-state index contributed by atoms with van der Waals surface area (Å²) in [5, 5.41) is 0. The van der Waals surface area contributed by atoms with Gasteiger partial charge in [-0.2, -0.15) is 0 Å². The zero-order valence-electron chi connectivity index (χ0n) is 14.6. The predicted octanol–water partition coefficient (Wildman–Crippen LogP) is 5.06. The lowest BCUT2D eigenvalue weighted by Crippen LogP contribution is -2.16. The van der Waals surface area contributed by atoms with Gasteiger partial charge in [-0.1, -0.05) is 41.5 Å². The molecule has 2 saturated heterocycles. The SMILES string of the molecule is CC(C)(C)CC1CCCO1.CC(C)(C)CC1CCOC1. The zero-order chi connectivity index (χ0) is 15.2. The summed E-state index contributed by atoms with van der Waals surface area (Å²) in [5.74, 6) is 0.833. The largest absolute Gasteiger partial charge is 0.381 e. The van der Waals surface area contributed by atoms with E-state index in [2.05, 4.69) is 41.5 Å². The molecule has 2 aliphatic rings. The molecule has 0 aromatic rings. The Morgan fingerprint density at radius 3 is 1.90 bits per heavy atom. The molecule has 0 radical (unpaired) electrons. The van der Waals surface area contributed by atoms with Gasteiger partial charge >= 0.3 is 0 Å². The van der Waals surface area contributed by atoms with Crippen LogP contribution in [0.5, 0.6) is 0 Å². The molecule has 2 unspecified atom stereocenters. The summed E-state index contributed by atoms with van der Waals surface area (Å²) in [7, 11) is 0. The van der Waals surface area contributed by atoms with Crippen LogP contribution in [0.25, 0.3) is 0 Å². The fourth-order valence-corrected chi connectivity index (χ4v) is 3.10. The van der Waals surface area contributed by atoms with E-state index in [0.717, 1.165) is 25.7 Å². The van der Waals surface area contributed by atoms with Gasteiger partial charge in [-0.3, -0.25) is 0 Å². The van der Waals surface area contributed by atoms with Gasteiger partial charge < -0.3 is 9.47 Å². The highest BCUT2D eigenvalue weighted by atomic mass is 16.5. The minimum atomic E-state index is 0.439.